The van der Waals surface area contributed by atoms with Crippen LogP contribution in [0.5, 0.6) is 0 Å². The second-order valence-corrected chi connectivity index (χ2v) is 6.84. The van der Waals surface area contributed by atoms with Crippen LogP contribution in [0.25, 0.3) is 0 Å². The predicted molar refractivity (Wildman–Crippen MR) is 94.1 cm³/mol. The van der Waals surface area contributed by atoms with Gasteiger partial charge in [0, 0.05) is 49.3 Å². The highest BCUT2D eigenvalue weighted by Crippen LogP contribution is 2.15. The van der Waals surface area contributed by atoms with Crippen LogP contribution in [0.1, 0.15) is 12.0 Å². The molecule has 0 radical (unpaired) electrons. The zero-order valence-corrected chi connectivity index (χ0v) is 14.3. The second-order valence-electron chi connectivity index (χ2n) is 5.51. The monoisotopic (exact) mass is 350 g/mol. The average Bonchev–Trinajstić information content (AvgIpc) is 2.94. The van der Waals surface area contributed by atoms with E-state index >= 15 is 0 Å². The van der Waals surface area contributed by atoms with E-state index in [-0.39, 0.29) is 6.03 Å². The Balaban J connectivity index is 1.52. The van der Waals surface area contributed by atoms with Gasteiger partial charge in [-0.1, -0.05) is 23.7 Å². The van der Waals surface area contributed by atoms with E-state index in [9.17, 15) is 4.79 Å². The van der Waals surface area contributed by atoms with Crippen LogP contribution < -0.4 is 5.32 Å². The molecule has 0 saturated carbocycles. The molecule has 1 fully saturated rings. The van der Waals surface area contributed by atoms with Gasteiger partial charge in [-0.25, -0.2) is 9.78 Å². The summed E-state index contributed by atoms with van der Waals surface area (Å²) in [6.07, 6.45) is 2.66. The van der Waals surface area contributed by atoms with Crippen molar-refractivity contribution in [2.75, 3.05) is 31.5 Å². The number of rotatable bonds is 3. The number of nitrogens with zero attached hydrogens (tertiary/aromatic N) is 3. The number of amides is 2. The molecule has 5 nitrogen and oxygen atoms in total. The summed E-state index contributed by atoms with van der Waals surface area (Å²) in [6, 6.07) is 7.89. The van der Waals surface area contributed by atoms with Gasteiger partial charge < -0.3 is 4.90 Å². The Labute approximate surface area is 144 Å². The summed E-state index contributed by atoms with van der Waals surface area (Å²) in [5.41, 5.74) is 1.25. The van der Waals surface area contributed by atoms with Gasteiger partial charge >= 0.3 is 6.03 Å². The Kier molecular flexibility index (Phi) is 5.48. The Hall–Kier alpha value is -1.63. The number of nitrogens with one attached hydrogen (secondary N) is 1. The molecule has 0 bridgehead atoms. The predicted octanol–water partition coefficient (Wildman–Crippen LogP) is 3.54. The van der Waals surface area contributed by atoms with Crippen LogP contribution >= 0.6 is 22.9 Å². The third-order valence-electron chi connectivity index (χ3n) is 3.84. The van der Waals surface area contributed by atoms with Gasteiger partial charge in [0.05, 0.1) is 0 Å². The van der Waals surface area contributed by atoms with Gasteiger partial charge in [-0.3, -0.25) is 10.2 Å². The van der Waals surface area contributed by atoms with E-state index in [1.54, 1.807) is 6.20 Å². The van der Waals surface area contributed by atoms with Crippen molar-refractivity contribution in [1.29, 1.82) is 0 Å². The van der Waals surface area contributed by atoms with Crippen molar-refractivity contribution in [3.05, 3.63) is 46.4 Å². The van der Waals surface area contributed by atoms with E-state index in [4.69, 9.17) is 11.6 Å². The van der Waals surface area contributed by atoms with Crippen LogP contribution in [0.2, 0.25) is 5.02 Å². The Bertz CT molecular complexity index is 632. The van der Waals surface area contributed by atoms with Gasteiger partial charge in [0.1, 0.15) is 0 Å². The molecule has 0 atom stereocenters. The summed E-state index contributed by atoms with van der Waals surface area (Å²) in [6.45, 7) is 4.25. The Morgan fingerprint density at radius 1 is 1.22 bits per heavy atom. The molecule has 2 amide bonds. The maximum absolute atomic E-state index is 12.3. The summed E-state index contributed by atoms with van der Waals surface area (Å²) < 4.78 is 0. The number of urea groups is 1. The minimum Gasteiger partial charge on any atom is -0.323 e. The number of benzene rings is 1. The van der Waals surface area contributed by atoms with Crippen molar-refractivity contribution in [3.63, 3.8) is 0 Å². The second kappa shape index (κ2) is 7.77. The summed E-state index contributed by atoms with van der Waals surface area (Å²) in [5, 5.41) is 6.11. The molecule has 0 aliphatic carbocycles. The standard InChI is InChI=1S/C16H19ClN4OS/c17-14-4-2-13(3-5-14)12-20-7-1-8-21(10-9-20)16(22)19-15-18-6-11-23-15/h2-6,11H,1,7-10,12H2,(H,18,19,22). The smallest absolute Gasteiger partial charge is 0.323 e. The molecule has 2 heterocycles. The van der Waals surface area contributed by atoms with Crippen LogP contribution in [-0.4, -0.2) is 47.0 Å². The van der Waals surface area contributed by atoms with Gasteiger partial charge in [0.15, 0.2) is 5.13 Å². The van der Waals surface area contributed by atoms with Crippen LogP contribution in [0.4, 0.5) is 9.93 Å². The largest absolute Gasteiger partial charge is 0.323 e. The molecule has 3 rings (SSSR count). The number of carbonyl (C=O) groups excluding carboxylic acids is 1. The van der Waals surface area contributed by atoms with Crippen LogP contribution in [-0.2, 0) is 6.54 Å². The fourth-order valence-electron chi connectivity index (χ4n) is 2.64. The molecule has 23 heavy (non-hydrogen) atoms. The van der Waals surface area contributed by atoms with Gasteiger partial charge in [-0.15, -0.1) is 11.3 Å². The first-order chi connectivity index (χ1) is 11.2. The molecule has 1 aliphatic heterocycles. The molecular weight excluding hydrogens is 332 g/mol. The van der Waals surface area contributed by atoms with E-state index < -0.39 is 0 Å². The van der Waals surface area contributed by atoms with E-state index in [2.05, 4.69) is 27.3 Å². The Morgan fingerprint density at radius 3 is 2.78 bits per heavy atom. The zero-order chi connectivity index (χ0) is 16.1. The quantitative estimate of drug-likeness (QED) is 0.921. The maximum Gasteiger partial charge on any atom is 0.323 e. The molecule has 0 spiro atoms. The normalized spacial score (nSPS) is 16.1. The average molecular weight is 351 g/mol. The maximum atomic E-state index is 12.3. The molecule has 2 aromatic rings. The van der Waals surface area contributed by atoms with Crippen LogP contribution in [0.15, 0.2) is 35.8 Å². The van der Waals surface area contributed by atoms with Crippen molar-refractivity contribution >= 4 is 34.1 Å². The minimum absolute atomic E-state index is 0.0618. The molecule has 1 aromatic heterocycles. The molecule has 1 N–H and O–H groups in total. The van der Waals surface area contributed by atoms with Crippen LogP contribution in [0, 0.1) is 0 Å². The SMILES string of the molecule is O=C(Nc1nccs1)N1CCCN(Cc2ccc(Cl)cc2)CC1. The van der Waals surface area contributed by atoms with Crippen molar-refractivity contribution in [3.8, 4) is 0 Å². The number of thiazole rings is 1. The first kappa shape index (κ1) is 16.2. The third kappa shape index (κ3) is 4.67. The molecule has 1 aromatic carbocycles. The number of anilines is 1. The van der Waals surface area contributed by atoms with Gasteiger partial charge in [0.25, 0.3) is 0 Å². The summed E-state index contributed by atoms with van der Waals surface area (Å²) >= 11 is 7.36. The van der Waals surface area contributed by atoms with E-state index in [0.717, 1.165) is 44.2 Å². The van der Waals surface area contributed by atoms with E-state index in [1.807, 2.05) is 22.4 Å². The lowest BCUT2D eigenvalue weighted by molar-refractivity contribution is 0.211. The lowest BCUT2D eigenvalue weighted by Crippen LogP contribution is -2.38. The highest BCUT2D eigenvalue weighted by Gasteiger charge is 2.19. The number of aromatic nitrogens is 1. The van der Waals surface area contributed by atoms with Crippen molar-refractivity contribution in [2.24, 2.45) is 0 Å². The summed E-state index contributed by atoms with van der Waals surface area (Å²) in [4.78, 5) is 20.6. The minimum atomic E-state index is -0.0618. The summed E-state index contributed by atoms with van der Waals surface area (Å²) in [5.74, 6) is 0. The summed E-state index contributed by atoms with van der Waals surface area (Å²) in [7, 11) is 0. The molecular formula is C16H19ClN4OS. The highest BCUT2D eigenvalue weighted by atomic mass is 35.5. The van der Waals surface area contributed by atoms with Crippen molar-refractivity contribution < 1.29 is 4.79 Å². The first-order valence-electron chi connectivity index (χ1n) is 7.63. The van der Waals surface area contributed by atoms with Crippen LogP contribution in [0.3, 0.4) is 0 Å². The van der Waals surface area contributed by atoms with E-state index in [0.29, 0.717) is 5.13 Å². The van der Waals surface area contributed by atoms with E-state index in [1.165, 1.54) is 16.9 Å². The number of halogens is 1. The fourth-order valence-corrected chi connectivity index (χ4v) is 3.28. The van der Waals surface area contributed by atoms with Gasteiger partial charge in [-0.2, -0.15) is 0 Å². The van der Waals surface area contributed by atoms with Gasteiger partial charge in [-0.05, 0) is 24.1 Å². The highest BCUT2D eigenvalue weighted by molar-refractivity contribution is 7.13. The van der Waals surface area contributed by atoms with Gasteiger partial charge in [0.2, 0.25) is 0 Å². The third-order valence-corrected chi connectivity index (χ3v) is 4.78. The topological polar surface area (TPSA) is 48.5 Å². The molecule has 122 valence electrons. The fraction of sp³-hybridized carbons (Fsp3) is 0.375. The molecule has 0 unspecified atom stereocenters. The zero-order valence-electron chi connectivity index (χ0n) is 12.7. The molecule has 7 heteroatoms. The Morgan fingerprint density at radius 2 is 2.04 bits per heavy atom. The number of hydrogen-bond acceptors (Lipinski definition) is 4. The lowest BCUT2D eigenvalue weighted by Gasteiger charge is -2.22. The number of hydrogen-bond donors (Lipinski definition) is 1. The molecule has 1 aliphatic rings. The molecule has 1 saturated heterocycles. The van der Waals surface area contributed by atoms with Crippen molar-refractivity contribution in [2.45, 2.75) is 13.0 Å². The first-order valence-corrected chi connectivity index (χ1v) is 8.89. The number of carbonyl (C=O) groups is 1. The lowest BCUT2D eigenvalue weighted by atomic mass is 10.2. The van der Waals surface area contributed by atoms with Crippen molar-refractivity contribution in [1.82, 2.24) is 14.8 Å².